The van der Waals surface area contributed by atoms with Crippen LogP contribution in [0.3, 0.4) is 0 Å². The zero-order valence-corrected chi connectivity index (χ0v) is 21.1. The molecule has 3 heterocycles. The summed E-state index contributed by atoms with van der Waals surface area (Å²) in [5.41, 5.74) is 4.52. The van der Waals surface area contributed by atoms with E-state index in [9.17, 15) is 9.59 Å². The van der Waals surface area contributed by atoms with E-state index in [-0.39, 0.29) is 35.3 Å². The van der Waals surface area contributed by atoms with Crippen molar-refractivity contribution in [2.45, 2.75) is 37.0 Å². The van der Waals surface area contributed by atoms with E-state index in [2.05, 4.69) is 67.6 Å². The molecule has 3 aliphatic heterocycles. The molecule has 2 amide bonds. The lowest BCUT2D eigenvalue weighted by Crippen LogP contribution is -2.69. The summed E-state index contributed by atoms with van der Waals surface area (Å²) < 4.78 is 0. The molecule has 0 spiro atoms. The molecule has 184 valence electrons. The van der Waals surface area contributed by atoms with E-state index >= 15 is 0 Å². The number of hydrogen-bond acceptors (Lipinski definition) is 6. The average molecular weight is 492 g/mol. The van der Waals surface area contributed by atoms with Gasteiger partial charge in [-0.05, 0) is 47.1 Å². The molecule has 0 saturated carbocycles. The predicted octanol–water partition coefficient (Wildman–Crippen LogP) is 2.61. The van der Waals surface area contributed by atoms with Crippen molar-refractivity contribution in [1.82, 2.24) is 20.9 Å². The van der Waals surface area contributed by atoms with Gasteiger partial charge in [-0.3, -0.25) is 19.8 Å². The average Bonchev–Trinajstić information content (AvgIpc) is 3.33. The van der Waals surface area contributed by atoms with Crippen LogP contribution in [0.2, 0.25) is 0 Å². The van der Waals surface area contributed by atoms with Crippen LogP contribution in [-0.4, -0.2) is 61.5 Å². The Hall–Kier alpha value is -2.81. The largest absolute Gasteiger partial charge is 0.378 e. The second-order valence-corrected chi connectivity index (χ2v) is 10.7. The van der Waals surface area contributed by atoms with E-state index in [1.54, 1.807) is 11.8 Å². The Kier molecular flexibility index (Phi) is 7.13. The fourth-order valence-corrected chi connectivity index (χ4v) is 6.21. The van der Waals surface area contributed by atoms with Crippen molar-refractivity contribution in [1.29, 1.82) is 0 Å². The van der Waals surface area contributed by atoms with Gasteiger partial charge in [-0.2, -0.15) is 0 Å². The van der Waals surface area contributed by atoms with Gasteiger partial charge < -0.3 is 15.5 Å². The summed E-state index contributed by atoms with van der Waals surface area (Å²) in [5.74, 6) is 0.0367. The van der Waals surface area contributed by atoms with Crippen molar-refractivity contribution >= 4 is 34.8 Å². The molecule has 2 fully saturated rings. The zero-order chi connectivity index (χ0) is 24.4. The number of hydrogen-bond donors (Lipinski definition) is 3. The molecule has 35 heavy (non-hydrogen) atoms. The highest BCUT2D eigenvalue weighted by Crippen LogP contribution is 2.38. The highest BCUT2D eigenvalue weighted by molar-refractivity contribution is 8.04. The third kappa shape index (κ3) is 5.24. The molecule has 2 aromatic carbocycles. The predicted molar refractivity (Wildman–Crippen MR) is 142 cm³/mol. The summed E-state index contributed by atoms with van der Waals surface area (Å²) in [6, 6.07) is 18.4. The Morgan fingerprint density at radius 1 is 1.14 bits per heavy atom. The first-order chi connectivity index (χ1) is 17.0. The molecule has 3 N–H and O–H groups in total. The van der Waals surface area contributed by atoms with Crippen molar-refractivity contribution < 1.29 is 9.59 Å². The quantitative estimate of drug-likeness (QED) is 0.577. The van der Waals surface area contributed by atoms with Gasteiger partial charge in [0.15, 0.2) is 0 Å². The lowest BCUT2D eigenvalue weighted by Gasteiger charge is -2.43. The summed E-state index contributed by atoms with van der Waals surface area (Å²) in [4.78, 5) is 30.2. The molecular formula is C27H33N5O2S. The lowest BCUT2D eigenvalue weighted by atomic mass is 9.94. The second kappa shape index (κ2) is 10.4. The Morgan fingerprint density at radius 3 is 2.66 bits per heavy atom. The number of carbonyl (C=O) groups excluding carboxylic acids is 2. The molecule has 0 radical (unpaired) electrons. The molecule has 0 aromatic heterocycles. The number of rotatable bonds is 6. The highest BCUT2D eigenvalue weighted by atomic mass is 32.2. The van der Waals surface area contributed by atoms with Crippen molar-refractivity contribution in [3.63, 3.8) is 0 Å². The van der Waals surface area contributed by atoms with Gasteiger partial charge in [0.05, 0.1) is 12.0 Å². The first-order valence-electron chi connectivity index (χ1n) is 12.2. The van der Waals surface area contributed by atoms with Crippen molar-refractivity contribution in [2.75, 3.05) is 32.1 Å². The molecular weight excluding hydrogens is 458 g/mol. The molecule has 2 aromatic rings. The minimum absolute atomic E-state index is 0.0412. The van der Waals surface area contributed by atoms with Crippen LogP contribution in [0.15, 0.2) is 60.0 Å². The number of nitrogens with one attached hydrogen (secondary N) is 3. The maximum absolute atomic E-state index is 13.0. The zero-order valence-electron chi connectivity index (χ0n) is 20.2. The normalized spacial score (nSPS) is 26.5. The van der Waals surface area contributed by atoms with E-state index in [0.717, 1.165) is 41.8 Å². The number of fused-ring (bicyclic) bond motifs is 1. The summed E-state index contributed by atoms with van der Waals surface area (Å²) in [5, 5.41) is 11.9. The minimum atomic E-state index is -0.274. The van der Waals surface area contributed by atoms with Gasteiger partial charge in [-0.1, -0.05) is 42.5 Å². The molecule has 8 heteroatoms. The van der Waals surface area contributed by atoms with E-state index in [1.807, 2.05) is 32.3 Å². The number of nitrogens with zero attached hydrogens (tertiary/aromatic N) is 2. The molecule has 4 atom stereocenters. The monoisotopic (exact) mass is 491 g/mol. The Balaban J connectivity index is 1.19. The number of carbonyl (C=O) groups is 2. The summed E-state index contributed by atoms with van der Waals surface area (Å²) in [6.45, 7) is 1.99. The van der Waals surface area contributed by atoms with Crippen LogP contribution in [-0.2, 0) is 16.1 Å². The second-order valence-electron chi connectivity index (χ2n) is 9.66. The van der Waals surface area contributed by atoms with Crippen molar-refractivity contribution in [2.24, 2.45) is 5.92 Å². The molecule has 5 rings (SSSR count). The first kappa shape index (κ1) is 23.9. The molecule has 4 unspecified atom stereocenters. The topological polar surface area (TPSA) is 76.7 Å². The number of anilines is 1. The fraction of sp³-hybridized carbons (Fsp3) is 0.407. The van der Waals surface area contributed by atoms with E-state index < -0.39 is 0 Å². The molecule has 3 aliphatic rings. The van der Waals surface area contributed by atoms with Crippen LogP contribution in [0.4, 0.5) is 5.69 Å². The van der Waals surface area contributed by atoms with Gasteiger partial charge in [0.2, 0.25) is 11.8 Å². The Morgan fingerprint density at radius 2 is 1.91 bits per heavy atom. The van der Waals surface area contributed by atoms with Crippen LogP contribution in [0, 0.1) is 5.92 Å². The maximum atomic E-state index is 13.0. The minimum Gasteiger partial charge on any atom is -0.378 e. The van der Waals surface area contributed by atoms with Crippen molar-refractivity contribution in [3.8, 4) is 0 Å². The van der Waals surface area contributed by atoms with Gasteiger partial charge in [0, 0.05) is 39.4 Å². The smallest absolute Gasteiger partial charge is 0.237 e. The summed E-state index contributed by atoms with van der Waals surface area (Å²) in [7, 11) is 4.03. The van der Waals surface area contributed by atoms with Gasteiger partial charge in [0.1, 0.15) is 11.5 Å². The highest BCUT2D eigenvalue weighted by Gasteiger charge is 2.44. The number of amides is 2. The lowest BCUT2D eigenvalue weighted by molar-refractivity contribution is -0.129. The third-order valence-electron chi connectivity index (χ3n) is 7.07. The van der Waals surface area contributed by atoms with Gasteiger partial charge in [-0.15, -0.1) is 11.8 Å². The summed E-state index contributed by atoms with van der Waals surface area (Å²) in [6.07, 6.45) is 1.51. The number of likely N-dealkylation sites (tertiary alicyclic amines) is 1. The van der Waals surface area contributed by atoms with Crippen LogP contribution in [0.25, 0.3) is 5.57 Å². The standard InChI is InChI=1S/C27H33N5O2S/c1-31(2)21-12-10-18(11-13-21)15-28-25(33)20-9-6-14-32(16-20)27-29-23-22(19-7-4-3-5-8-19)17-35-24(23)26(34)30-27/h3-5,7-8,10-13,17,20,23-24,27,29H,6,9,14-16H2,1-2H3,(H,28,33)(H,30,34). The van der Waals surface area contributed by atoms with Crippen LogP contribution < -0.4 is 20.9 Å². The fourth-order valence-electron chi connectivity index (χ4n) is 5.06. The van der Waals surface area contributed by atoms with E-state index in [0.29, 0.717) is 13.1 Å². The van der Waals surface area contributed by atoms with Gasteiger partial charge in [-0.25, -0.2) is 0 Å². The maximum Gasteiger partial charge on any atom is 0.237 e. The summed E-state index contributed by atoms with van der Waals surface area (Å²) >= 11 is 1.58. The van der Waals surface area contributed by atoms with Gasteiger partial charge in [0.25, 0.3) is 0 Å². The Labute approximate surface area is 211 Å². The van der Waals surface area contributed by atoms with E-state index in [1.165, 1.54) is 0 Å². The Bertz CT molecular complexity index is 1090. The molecule has 7 nitrogen and oxygen atoms in total. The third-order valence-corrected chi connectivity index (χ3v) is 8.24. The van der Waals surface area contributed by atoms with Crippen LogP contribution in [0.5, 0.6) is 0 Å². The number of thioether (sulfide) groups is 1. The van der Waals surface area contributed by atoms with Gasteiger partial charge >= 0.3 is 0 Å². The number of benzene rings is 2. The molecule has 2 saturated heterocycles. The van der Waals surface area contributed by atoms with E-state index in [4.69, 9.17) is 0 Å². The van der Waals surface area contributed by atoms with Crippen LogP contribution in [0.1, 0.15) is 24.0 Å². The number of piperidine rings is 1. The SMILES string of the molecule is CN(C)c1ccc(CNC(=O)C2CCCN(C3NC(=O)C4SC=C(c5ccccc5)C4N3)C2)cc1. The van der Waals surface area contributed by atoms with Crippen molar-refractivity contribution in [3.05, 3.63) is 71.1 Å². The first-order valence-corrected chi connectivity index (χ1v) is 13.2. The molecule has 0 aliphatic carbocycles. The van der Waals surface area contributed by atoms with Crippen LogP contribution >= 0.6 is 11.8 Å². The molecule has 0 bridgehead atoms.